The molecule has 2 aliphatic rings. The largest absolute Gasteiger partial charge is 0.496 e. The molecule has 0 bridgehead atoms. The molecule has 2 N–H and O–H groups in total. The molecule has 7 nitrogen and oxygen atoms in total. The first kappa shape index (κ1) is 23.5. The van der Waals surface area contributed by atoms with Gasteiger partial charge in [-0.15, -0.1) is 0 Å². The number of methoxy groups -OCH3 is 1. The van der Waals surface area contributed by atoms with E-state index < -0.39 is 12.0 Å². The maximum Gasteiger partial charge on any atom is 0.325 e. The van der Waals surface area contributed by atoms with Crippen molar-refractivity contribution in [3.05, 3.63) is 53.2 Å². The number of para-hydroxylation sites is 1. The molecule has 1 aromatic heterocycles. The maximum absolute atomic E-state index is 12.0. The average Bonchev–Trinajstić information content (AvgIpc) is 3.29. The zero-order valence-corrected chi connectivity index (χ0v) is 19.5. The van der Waals surface area contributed by atoms with Gasteiger partial charge in [-0.3, -0.25) is 9.69 Å². The van der Waals surface area contributed by atoms with Crippen molar-refractivity contribution in [2.45, 2.75) is 57.1 Å². The highest BCUT2D eigenvalue weighted by atomic mass is 16.5. The number of aryl methyl sites for hydroxylation is 2. The number of ether oxygens (including phenoxy) is 2. The molecule has 0 amide bonds. The fourth-order valence-electron chi connectivity index (χ4n) is 4.85. The first-order chi connectivity index (χ1) is 16.2. The Bertz CT molecular complexity index is 936. The molecule has 4 rings (SSSR count). The van der Waals surface area contributed by atoms with E-state index in [2.05, 4.69) is 17.4 Å². The number of fused-ring (bicyclic) bond motifs is 1. The Hall–Kier alpha value is -2.64. The predicted octanol–water partition coefficient (Wildman–Crippen LogP) is 4.08. The molecule has 2 aliphatic heterocycles. The molecule has 7 heteroatoms. The van der Waals surface area contributed by atoms with E-state index in [4.69, 9.17) is 14.5 Å². The van der Waals surface area contributed by atoms with Crippen LogP contribution >= 0.6 is 0 Å². The summed E-state index contributed by atoms with van der Waals surface area (Å²) in [6, 6.07) is 11.0. The number of anilines is 1. The average molecular weight is 454 g/mol. The summed E-state index contributed by atoms with van der Waals surface area (Å²) < 4.78 is 11.5. The van der Waals surface area contributed by atoms with E-state index in [1.54, 1.807) is 7.11 Å². The monoisotopic (exact) mass is 453 g/mol. The van der Waals surface area contributed by atoms with E-state index in [1.165, 1.54) is 12.0 Å². The molecule has 3 heterocycles. The number of carboxylic acids is 1. The number of nitrogens with zero attached hydrogens (tertiary/aromatic N) is 2. The predicted molar refractivity (Wildman–Crippen MR) is 128 cm³/mol. The molecule has 1 fully saturated rings. The van der Waals surface area contributed by atoms with E-state index in [1.807, 2.05) is 29.2 Å². The fourth-order valence-corrected chi connectivity index (χ4v) is 4.85. The zero-order chi connectivity index (χ0) is 23.0. The summed E-state index contributed by atoms with van der Waals surface area (Å²) in [5.41, 5.74) is 3.19. The number of aliphatic carboxylic acids is 1. The van der Waals surface area contributed by atoms with Crippen molar-refractivity contribution in [1.82, 2.24) is 9.88 Å². The second-order valence-electron chi connectivity index (χ2n) is 8.91. The van der Waals surface area contributed by atoms with Crippen molar-refractivity contribution < 1.29 is 19.4 Å². The maximum atomic E-state index is 12.0. The fraction of sp³-hybridized carbons (Fsp3) is 0.538. The summed E-state index contributed by atoms with van der Waals surface area (Å²) >= 11 is 0. The molecule has 2 atom stereocenters. The van der Waals surface area contributed by atoms with E-state index in [9.17, 15) is 9.90 Å². The highest BCUT2D eigenvalue weighted by Gasteiger charge is 2.35. The molecule has 0 saturated carbocycles. The van der Waals surface area contributed by atoms with Crippen LogP contribution in [0.1, 0.15) is 55.0 Å². The van der Waals surface area contributed by atoms with Gasteiger partial charge in [-0.25, -0.2) is 4.98 Å². The molecule has 33 heavy (non-hydrogen) atoms. The molecular formula is C26H35N3O4. The Labute approximate surface area is 196 Å². The van der Waals surface area contributed by atoms with Crippen LogP contribution in [0.5, 0.6) is 5.75 Å². The second-order valence-corrected chi connectivity index (χ2v) is 8.91. The normalized spacial score (nSPS) is 19.0. The van der Waals surface area contributed by atoms with Crippen LogP contribution < -0.4 is 10.1 Å². The molecule has 1 saturated heterocycles. The number of carboxylic acid groups (broad SMARTS) is 1. The topological polar surface area (TPSA) is 83.9 Å². The van der Waals surface area contributed by atoms with Gasteiger partial charge in [-0.1, -0.05) is 30.7 Å². The first-order valence-corrected chi connectivity index (χ1v) is 12.1. The lowest BCUT2D eigenvalue weighted by atomic mass is 10.0. The first-order valence-electron chi connectivity index (χ1n) is 12.1. The number of carbonyl (C=O) groups is 1. The van der Waals surface area contributed by atoms with Crippen LogP contribution in [0.3, 0.4) is 0 Å². The summed E-state index contributed by atoms with van der Waals surface area (Å²) in [6.07, 6.45) is 7.43. The number of hydrogen-bond acceptors (Lipinski definition) is 6. The van der Waals surface area contributed by atoms with Crippen LogP contribution in [0, 0.1) is 0 Å². The number of rotatable bonds is 11. The minimum atomic E-state index is -0.855. The number of nitrogens with one attached hydrogen (secondary N) is 1. The van der Waals surface area contributed by atoms with Crippen molar-refractivity contribution in [3.8, 4) is 5.75 Å². The van der Waals surface area contributed by atoms with Crippen LogP contribution in [-0.4, -0.2) is 60.4 Å². The van der Waals surface area contributed by atoms with Gasteiger partial charge in [-0.2, -0.15) is 0 Å². The van der Waals surface area contributed by atoms with E-state index in [0.717, 1.165) is 56.6 Å². The van der Waals surface area contributed by atoms with Crippen molar-refractivity contribution in [1.29, 1.82) is 0 Å². The molecule has 0 aliphatic carbocycles. The van der Waals surface area contributed by atoms with Crippen molar-refractivity contribution in [2.24, 2.45) is 0 Å². The smallest absolute Gasteiger partial charge is 0.325 e. The summed E-state index contributed by atoms with van der Waals surface area (Å²) in [4.78, 5) is 18.8. The third-order valence-electron chi connectivity index (χ3n) is 6.59. The third kappa shape index (κ3) is 6.03. The lowest BCUT2D eigenvalue weighted by Crippen LogP contribution is -2.33. The summed E-state index contributed by atoms with van der Waals surface area (Å²) in [5.74, 6) is 0.824. The molecular weight excluding hydrogens is 418 g/mol. The van der Waals surface area contributed by atoms with Gasteiger partial charge in [0.15, 0.2) is 0 Å². The van der Waals surface area contributed by atoms with Gasteiger partial charge >= 0.3 is 5.97 Å². The van der Waals surface area contributed by atoms with Gasteiger partial charge in [0.25, 0.3) is 0 Å². The van der Waals surface area contributed by atoms with E-state index in [0.29, 0.717) is 31.0 Å². The number of pyridine rings is 1. The Balaban J connectivity index is 1.18. The van der Waals surface area contributed by atoms with E-state index >= 15 is 0 Å². The molecule has 0 radical (unpaired) electrons. The zero-order valence-electron chi connectivity index (χ0n) is 19.5. The Morgan fingerprint density at radius 1 is 1.24 bits per heavy atom. The van der Waals surface area contributed by atoms with Crippen LogP contribution in [0.4, 0.5) is 5.82 Å². The highest BCUT2D eigenvalue weighted by Crippen LogP contribution is 2.32. The number of aromatic nitrogens is 1. The molecule has 0 spiro atoms. The van der Waals surface area contributed by atoms with Gasteiger partial charge in [0.1, 0.15) is 17.6 Å². The van der Waals surface area contributed by atoms with Gasteiger partial charge in [0.2, 0.25) is 0 Å². The molecule has 178 valence electrons. The van der Waals surface area contributed by atoms with Gasteiger partial charge < -0.3 is 19.9 Å². The van der Waals surface area contributed by atoms with Crippen LogP contribution in [0.25, 0.3) is 0 Å². The molecule has 2 aromatic rings. The third-order valence-corrected chi connectivity index (χ3v) is 6.59. The summed E-state index contributed by atoms with van der Waals surface area (Å²) in [5, 5.41) is 13.3. The quantitative estimate of drug-likeness (QED) is 0.496. The Kier molecular flexibility index (Phi) is 8.18. The Morgan fingerprint density at radius 2 is 2.12 bits per heavy atom. The number of hydrogen-bond donors (Lipinski definition) is 2. The van der Waals surface area contributed by atoms with Crippen LogP contribution in [-0.2, 0) is 22.4 Å². The van der Waals surface area contributed by atoms with Gasteiger partial charge in [0.05, 0.1) is 13.2 Å². The molecule has 2 unspecified atom stereocenters. The van der Waals surface area contributed by atoms with Crippen molar-refractivity contribution in [3.63, 3.8) is 0 Å². The standard InChI is InChI=1S/C26H35N3O4/c1-32-23-11-5-4-10-22(23)24(26(30)31)29-16-14-21(18-29)33-17-6-2-3-9-20-13-12-19-8-7-15-27-25(19)28-20/h4-5,10-13,21,24H,2-3,6-9,14-18H2,1H3,(H,27,28)(H,30,31). The lowest BCUT2D eigenvalue weighted by molar-refractivity contribution is -0.143. The molecule has 1 aromatic carbocycles. The van der Waals surface area contributed by atoms with Crippen molar-refractivity contribution >= 4 is 11.8 Å². The summed E-state index contributed by atoms with van der Waals surface area (Å²) in [6.45, 7) is 3.06. The second kappa shape index (κ2) is 11.5. The lowest BCUT2D eigenvalue weighted by Gasteiger charge is -2.25. The number of likely N-dealkylation sites (tertiary alicyclic amines) is 1. The minimum absolute atomic E-state index is 0.0787. The van der Waals surface area contributed by atoms with Crippen molar-refractivity contribution in [2.75, 3.05) is 38.7 Å². The minimum Gasteiger partial charge on any atom is -0.496 e. The number of benzene rings is 1. The summed E-state index contributed by atoms with van der Waals surface area (Å²) in [7, 11) is 1.58. The van der Waals surface area contributed by atoms with Gasteiger partial charge in [-0.05, 0) is 56.2 Å². The van der Waals surface area contributed by atoms with Gasteiger partial charge in [0, 0.05) is 37.5 Å². The SMILES string of the molecule is COc1ccccc1C(C(=O)O)N1CCC(OCCCCCc2ccc3c(n2)NCCC3)C1. The Morgan fingerprint density at radius 3 is 2.97 bits per heavy atom. The highest BCUT2D eigenvalue weighted by molar-refractivity contribution is 5.76. The van der Waals surface area contributed by atoms with Crippen LogP contribution in [0.15, 0.2) is 36.4 Å². The van der Waals surface area contributed by atoms with Crippen LogP contribution in [0.2, 0.25) is 0 Å². The number of unbranched alkanes of at least 4 members (excludes halogenated alkanes) is 2. The van der Waals surface area contributed by atoms with E-state index in [-0.39, 0.29) is 6.10 Å².